The van der Waals surface area contributed by atoms with Gasteiger partial charge in [0.2, 0.25) is 0 Å². The van der Waals surface area contributed by atoms with Crippen LogP contribution in [-0.2, 0) is 0 Å². The number of benzene rings is 1. The molecule has 1 aromatic heterocycles. The third-order valence-corrected chi connectivity index (χ3v) is 5.34. The topological polar surface area (TPSA) is 65.3 Å². The number of ether oxygens (including phenoxy) is 1. The molecule has 2 aromatic rings. The highest BCUT2D eigenvalue weighted by atomic mass is 16.5. The van der Waals surface area contributed by atoms with Crippen LogP contribution in [0.25, 0.3) is 0 Å². The number of hydrogen-bond acceptors (Lipinski definition) is 6. The van der Waals surface area contributed by atoms with Crippen molar-refractivity contribution in [1.29, 1.82) is 5.26 Å². The van der Waals surface area contributed by atoms with Gasteiger partial charge in [0.25, 0.3) is 5.88 Å². The summed E-state index contributed by atoms with van der Waals surface area (Å²) in [5.41, 5.74) is 1.79. The molecule has 2 unspecified atom stereocenters. The lowest BCUT2D eigenvalue weighted by molar-refractivity contribution is 0.372. The van der Waals surface area contributed by atoms with Crippen LogP contribution >= 0.6 is 0 Å². The third kappa shape index (κ3) is 2.76. The van der Waals surface area contributed by atoms with Crippen LogP contribution in [0.15, 0.2) is 36.7 Å². The lowest BCUT2D eigenvalue weighted by Crippen LogP contribution is -2.49. The van der Waals surface area contributed by atoms with E-state index >= 15 is 0 Å². The number of hydrogen-bond donors (Lipinski definition) is 0. The van der Waals surface area contributed by atoms with Crippen LogP contribution in [-0.4, -0.2) is 42.8 Å². The number of piperidine rings is 1. The molecule has 2 fully saturated rings. The molecule has 6 nitrogen and oxygen atoms in total. The first kappa shape index (κ1) is 15.7. The van der Waals surface area contributed by atoms with Crippen molar-refractivity contribution in [2.75, 3.05) is 36.5 Å². The van der Waals surface area contributed by atoms with Gasteiger partial charge in [0, 0.05) is 38.1 Å². The Hall–Kier alpha value is -2.81. The van der Waals surface area contributed by atoms with E-state index in [4.69, 9.17) is 4.74 Å². The highest BCUT2D eigenvalue weighted by Gasteiger charge is 2.40. The van der Waals surface area contributed by atoms with Crippen LogP contribution in [0.1, 0.15) is 18.4 Å². The van der Waals surface area contributed by atoms with Gasteiger partial charge in [0.05, 0.1) is 18.4 Å². The van der Waals surface area contributed by atoms with Crippen molar-refractivity contribution in [2.24, 2.45) is 5.92 Å². The van der Waals surface area contributed by atoms with Crippen molar-refractivity contribution in [1.82, 2.24) is 9.97 Å². The average molecular weight is 335 g/mol. The standard InChI is InChI=1S/C19H21N5O/c1-25-19-18(21-8-9-22-19)23-10-6-14-7-11-24(17(14)13-23)16-5-3-2-4-15(16)12-20/h2-5,8-9,14,17H,6-7,10-11,13H2,1H3. The summed E-state index contributed by atoms with van der Waals surface area (Å²) in [7, 11) is 1.63. The molecular formula is C19H21N5O. The highest BCUT2D eigenvalue weighted by Crippen LogP contribution is 2.38. The second-order valence-electron chi connectivity index (χ2n) is 6.56. The molecule has 0 amide bonds. The minimum Gasteiger partial charge on any atom is -0.478 e. The first-order valence-corrected chi connectivity index (χ1v) is 8.67. The number of methoxy groups -OCH3 is 1. The summed E-state index contributed by atoms with van der Waals surface area (Å²) < 4.78 is 5.39. The summed E-state index contributed by atoms with van der Waals surface area (Å²) in [6.45, 7) is 2.84. The molecule has 2 aliphatic heterocycles. The fraction of sp³-hybridized carbons (Fsp3) is 0.421. The molecule has 2 aliphatic rings. The Morgan fingerprint density at radius 2 is 1.96 bits per heavy atom. The lowest BCUT2D eigenvalue weighted by Gasteiger charge is -2.40. The zero-order valence-electron chi connectivity index (χ0n) is 14.3. The Morgan fingerprint density at radius 3 is 2.80 bits per heavy atom. The van der Waals surface area contributed by atoms with E-state index in [0.717, 1.165) is 43.1 Å². The zero-order chi connectivity index (χ0) is 17.2. The average Bonchev–Trinajstić information content (AvgIpc) is 3.10. The fourth-order valence-electron chi connectivity index (χ4n) is 4.13. The second-order valence-corrected chi connectivity index (χ2v) is 6.56. The summed E-state index contributed by atoms with van der Waals surface area (Å²) in [4.78, 5) is 13.4. The van der Waals surface area contributed by atoms with E-state index in [-0.39, 0.29) is 0 Å². The summed E-state index contributed by atoms with van der Waals surface area (Å²) in [5.74, 6) is 2.04. The van der Waals surface area contributed by atoms with Gasteiger partial charge >= 0.3 is 0 Å². The van der Waals surface area contributed by atoms with E-state index in [1.807, 2.05) is 18.2 Å². The molecule has 1 aromatic carbocycles. The van der Waals surface area contributed by atoms with Gasteiger partial charge in [-0.05, 0) is 30.9 Å². The number of fused-ring (bicyclic) bond motifs is 1. The maximum absolute atomic E-state index is 9.45. The minimum absolute atomic E-state index is 0.384. The molecule has 25 heavy (non-hydrogen) atoms. The Balaban J connectivity index is 1.62. The van der Waals surface area contributed by atoms with Crippen molar-refractivity contribution in [2.45, 2.75) is 18.9 Å². The van der Waals surface area contributed by atoms with Crippen molar-refractivity contribution in [3.63, 3.8) is 0 Å². The van der Waals surface area contributed by atoms with Crippen molar-refractivity contribution in [3.8, 4) is 11.9 Å². The summed E-state index contributed by atoms with van der Waals surface area (Å²) in [5, 5.41) is 9.45. The van der Waals surface area contributed by atoms with Crippen molar-refractivity contribution >= 4 is 11.5 Å². The van der Waals surface area contributed by atoms with Crippen LogP contribution < -0.4 is 14.5 Å². The smallest absolute Gasteiger partial charge is 0.257 e. The number of para-hydroxylation sites is 1. The van der Waals surface area contributed by atoms with E-state index in [0.29, 0.717) is 17.8 Å². The van der Waals surface area contributed by atoms with Gasteiger partial charge in [-0.1, -0.05) is 12.1 Å². The van der Waals surface area contributed by atoms with Gasteiger partial charge < -0.3 is 14.5 Å². The number of rotatable bonds is 3. The molecule has 128 valence electrons. The molecule has 0 aliphatic carbocycles. The maximum Gasteiger partial charge on any atom is 0.257 e. The summed E-state index contributed by atoms with van der Waals surface area (Å²) in [6.07, 6.45) is 5.66. The highest BCUT2D eigenvalue weighted by molar-refractivity contribution is 5.61. The van der Waals surface area contributed by atoms with Crippen LogP contribution in [0.5, 0.6) is 5.88 Å². The van der Waals surface area contributed by atoms with Gasteiger partial charge in [-0.25, -0.2) is 9.97 Å². The van der Waals surface area contributed by atoms with Gasteiger partial charge in [-0.3, -0.25) is 0 Å². The maximum atomic E-state index is 9.45. The molecule has 3 heterocycles. The van der Waals surface area contributed by atoms with Gasteiger partial charge in [0.15, 0.2) is 5.82 Å². The van der Waals surface area contributed by atoms with Crippen molar-refractivity contribution in [3.05, 3.63) is 42.2 Å². The van der Waals surface area contributed by atoms with Crippen LogP contribution in [0.3, 0.4) is 0 Å². The first-order valence-electron chi connectivity index (χ1n) is 8.67. The largest absolute Gasteiger partial charge is 0.478 e. The van der Waals surface area contributed by atoms with E-state index < -0.39 is 0 Å². The van der Waals surface area contributed by atoms with Crippen molar-refractivity contribution < 1.29 is 4.74 Å². The Labute approximate surface area is 147 Å². The van der Waals surface area contributed by atoms with Crippen LogP contribution in [0.4, 0.5) is 11.5 Å². The number of anilines is 2. The molecule has 4 rings (SSSR count). The molecule has 0 bridgehead atoms. The van der Waals surface area contributed by atoms with Crippen LogP contribution in [0.2, 0.25) is 0 Å². The summed E-state index contributed by atoms with van der Waals surface area (Å²) >= 11 is 0. The minimum atomic E-state index is 0.384. The monoisotopic (exact) mass is 335 g/mol. The number of nitrogens with zero attached hydrogens (tertiary/aromatic N) is 5. The molecule has 2 saturated heterocycles. The van der Waals surface area contributed by atoms with E-state index in [9.17, 15) is 5.26 Å². The predicted octanol–water partition coefficient (Wildman–Crippen LogP) is 2.46. The SMILES string of the molecule is COc1nccnc1N1CCC2CCN(c3ccccc3C#N)C2C1. The third-order valence-electron chi connectivity index (χ3n) is 5.34. The first-order chi connectivity index (χ1) is 12.3. The molecule has 0 saturated carbocycles. The molecule has 2 atom stereocenters. The Kier molecular flexibility index (Phi) is 4.14. The Morgan fingerprint density at radius 1 is 1.16 bits per heavy atom. The summed E-state index contributed by atoms with van der Waals surface area (Å²) in [6, 6.07) is 10.6. The number of nitriles is 1. The predicted molar refractivity (Wildman–Crippen MR) is 95.8 cm³/mol. The molecule has 6 heteroatoms. The lowest BCUT2D eigenvalue weighted by atomic mass is 9.92. The molecule has 0 spiro atoms. The second kappa shape index (κ2) is 6.60. The number of aromatic nitrogens is 2. The van der Waals surface area contributed by atoms with E-state index in [1.54, 1.807) is 19.5 Å². The molecule has 0 radical (unpaired) electrons. The quantitative estimate of drug-likeness (QED) is 0.858. The van der Waals surface area contributed by atoms with Gasteiger partial charge in [-0.15, -0.1) is 0 Å². The Bertz CT molecular complexity index is 802. The fourth-order valence-corrected chi connectivity index (χ4v) is 4.13. The van der Waals surface area contributed by atoms with Gasteiger partial charge in [-0.2, -0.15) is 5.26 Å². The van der Waals surface area contributed by atoms with E-state index in [2.05, 4.69) is 31.9 Å². The van der Waals surface area contributed by atoms with Crippen LogP contribution in [0, 0.1) is 17.2 Å². The molecule has 0 N–H and O–H groups in total. The van der Waals surface area contributed by atoms with Gasteiger partial charge in [0.1, 0.15) is 6.07 Å². The van der Waals surface area contributed by atoms with E-state index in [1.165, 1.54) is 6.42 Å². The molecular weight excluding hydrogens is 314 g/mol. The normalized spacial score (nSPS) is 22.4. The zero-order valence-corrected chi connectivity index (χ0v) is 14.3.